The third-order valence-corrected chi connectivity index (χ3v) is 31.4. The number of nitrogens with two attached hydrogens (primary N) is 3. The zero-order valence-corrected chi connectivity index (χ0v) is 85.5. The SMILES string of the molecule is C#CCOC(=O)N[C@H](CS(=O)(=O)C(CCC)CCC)C(=O)N(Cc1cccc(CC)c1)C[C@@H](O)[C@@H](N)Cc1cc(F)cc(F)c1.CCCC(CCC)S(=O)(=O)C[C@@H](NC(=O)OCCOC)C(=O)N(Cc1cccc(CC)c1)C[C@@H](O)[C@@H](N)Cc1cc(F)cc(F)c1.CCCC(CCC)S(=O)(=O)C[C@@H](NC(=O)OCc1ccccc1)C(=O)N(C[C@@H](O)[C@@H](N)Cc1cc(F)cc(F)c1)C1(c2cccc(CC)c2)CC1. The van der Waals surface area contributed by atoms with Crippen LogP contribution in [-0.4, -0.2) is 225 Å². The number of halogens is 6. The zero-order chi connectivity index (χ0) is 105. The minimum absolute atomic E-state index is 0.0324. The standard InChI is InChI=1S/C39H51F2N3O6S.C33H49F2N3O7S.C33H45F2N3O6S/c1-4-11-33(12-5-2)51(48,49)26-35(43-38(47)50-25-28-13-8-7-9-14-28)37(46)44(39(17-18-39)30-16-10-15-27(6-3)19-30)24-36(45)34(42)22-29-20-31(40)23-32(41)21-29;1-5-9-28(10-6-2)46(42,43)22-30(37-33(41)45-14-13-44-4)32(40)38(20-24-12-8-11-23(7-3)15-24)21-31(39)29(36)18-25-16-26(34)19-27(35)17-25;1-5-10-28(11-6-2)45(42,43)22-30(37-33(41)44-14-7-3)32(40)38(20-24-13-9-12-23(8-4)15-24)21-31(39)29(36)18-25-16-26(34)19-27(35)17-25/h7-10,13-16,19-21,23,33-36,45H,4-6,11-12,17-18,22,24-26,42H2,1-3H3,(H,43,47);8,11-12,15-17,19,28-31,39H,5-7,9-10,13-14,18,20-22,36H2,1-4H3,(H,37,41);3,9,12-13,15-17,19,28-31,39H,5-6,8,10-11,14,18,20-22,36H2,1-2,4H3,(H,37,41)/t34-,35+,36+;2*29-,30+,31+/m000/s1. The highest BCUT2D eigenvalue weighted by Gasteiger charge is 2.54. The number of sulfone groups is 3. The highest BCUT2D eigenvalue weighted by molar-refractivity contribution is 7.92. The molecule has 7 aromatic rings. The van der Waals surface area contributed by atoms with Gasteiger partial charge in [0.15, 0.2) is 36.1 Å². The number of hydrogen-bond donors (Lipinski definition) is 9. The van der Waals surface area contributed by atoms with Gasteiger partial charge in [-0.25, -0.2) is 66.0 Å². The molecule has 6 amide bonds. The van der Waals surface area contributed by atoms with Crippen molar-refractivity contribution in [2.24, 2.45) is 17.2 Å². The summed E-state index contributed by atoms with van der Waals surface area (Å²) in [4.78, 5) is 85.6. The maximum absolute atomic E-state index is 14.8. The molecule has 12 N–H and O–H groups in total. The van der Waals surface area contributed by atoms with E-state index in [1.807, 2.05) is 129 Å². The van der Waals surface area contributed by atoms with E-state index in [9.17, 15) is 95.7 Å². The van der Waals surface area contributed by atoms with Crippen molar-refractivity contribution in [3.05, 3.63) is 248 Å². The summed E-state index contributed by atoms with van der Waals surface area (Å²) < 4.78 is 185. The second-order valence-electron chi connectivity index (χ2n) is 36.1. The van der Waals surface area contributed by atoms with Gasteiger partial charge in [0.1, 0.15) is 66.2 Å². The second kappa shape index (κ2) is 60.3. The number of methoxy groups -OCH3 is 1. The third kappa shape index (κ3) is 39.9. The molecule has 142 heavy (non-hydrogen) atoms. The van der Waals surface area contributed by atoms with Crippen molar-refractivity contribution in [2.45, 2.75) is 286 Å². The van der Waals surface area contributed by atoms with Gasteiger partial charge in [0.25, 0.3) is 0 Å². The summed E-state index contributed by atoms with van der Waals surface area (Å²) in [5.41, 5.74) is 24.5. The normalized spacial score (nSPS) is 14.3. The van der Waals surface area contributed by atoms with Gasteiger partial charge >= 0.3 is 18.3 Å². The number of terminal acetylenes is 1. The molecule has 0 aliphatic heterocycles. The molecule has 8 rings (SSSR count). The molecule has 0 radical (unpaired) electrons. The lowest BCUT2D eigenvalue weighted by Gasteiger charge is -2.38. The summed E-state index contributed by atoms with van der Waals surface area (Å²) in [6.45, 7) is 15.6. The van der Waals surface area contributed by atoms with Crippen molar-refractivity contribution < 1.29 is 115 Å². The van der Waals surface area contributed by atoms with Gasteiger partial charge in [-0.3, -0.25) is 14.4 Å². The molecular weight excluding hydrogens is 1900 g/mol. The monoisotopic (exact) mass is 2050 g/mol. The van der Waals surface area contributed by atoms with E-state index in [1.165, 1.54) is 21.8 Å². The number of ether oxygens (including phenoxy) is 4. The number of aliphatic hydroxyl groups excluding tert-OH is 3. The Morgan fingerprint density at radius 3 is 1.06 bits per heavy atom. The number of carbonyl (C=O) groups excluding carboxylic acids is 6. The minimum Gasteiger partial charge on any atom is -0.447 e. The van der Waals surface area contributed by atoms with Crippen molar-refractivity contribution >= 4 is 65.5 Å². The molecule has 0 aromatic heterocycles. The van der Waals surface area contributed by atoms with Gasteiger partial charge in [-0.1, -0.05) is 210 Å². The maximum Gasteiger partial charge on any atom is 0.408 e. The average Bonchev–Trinajstić information content (AvgIpc) is 1.58. The first-order chi connectivity index (χ1) is 67.5. The van der Waals surface area contributed by atoms with Crippen molar-refractivity contribution in [3.63, 3.8) is 0 Å². The van der Waals surface area contributed by atoms with Crippen LogP contribution in [0.5, 0.6) is 0 Å². The van der Waals surface area contributed by atoms with Crippen LogP contribution in [0.2, 0.25) is 0 Å². The van der Waals surface area contributed by atoms with E-state index in [0.29, 0.717) is 107 Å². The Labute approximate surface area is 833 Å². The Hall–Kier alpha value is -10.5. The molecule has 28 nitrogen and oxygen atoms in total. The molecule has 784 valence electrons. The van der Waals surface area contributed by atoms with Crippen LogP contribution < -0.4 is 33.2 Å². The maximum atomic E-state index is 14.8. The number of benzene rings is 7. The summed E-state index contributed by atoms with van der Waals surface area (Å²) in [5.74, 6) is -6.88. The van der Waals surface area contributed by atoms with Gasteiger partial charge in [-0.2, -0.15) is 0 Å². The summed E-state index contributed by atoms with van der Waals surface area (Å²) >= 11 is 0. The van der Waals surface area contributed by atoms with E-state index in [-0.39, 0.29) is 88.5 Å². The number of aliphatic hydroxyl groups is 3. The Balaban J connectivity index is 0.000000327. The molecule has 0 heterocycles. The van der Waals surface area contributed by atoms with Gasteiger partial charge in [-0.05, 0) is 182 Å². The molecule has 1 aliphatic rings. The Kier molecular flexibility index (Phi) is 51.0. The lowest BCUT2D eigenvalue weighted by atomic mass is 9.96. The van der Waals surface area contributed by atoms with E-state index in [4.69, 9.17) is 42.6 Å². The van der Waals surface area contributed by atoms with Crippen LogP contribution in [0.4, 0.5) is 40.7 Å². The number of nitrogens with zero attached hydrogens (tertiary/aromatic N) is 3. The van der Waals surface area contributed by atoms with Crippen LogP contribution in [0.25, 0.3) is 0 Å². The van der Waals surface area contributed by atoms with E-state index in [2.05, 4.69) is 21.9 Å². The molecule has 7 aromatic carbocycles. The first-order valence-corrected chi connectivity index (χ1v) is 53.8. The number of alkyl carbamates (subject to hydrolysis) is 3. The molecule has 37 heteroatoms. The highest BCUT2D eigenvalue weighted by atomic mass is 32.2. The zero-order valence-electron chi connectivity index (χ0n) is 83.1. The average molecular weight is 2050 g/mol. The number of amides is 6. The Morgan fingerprint density at radius 2 is 0.718 bits per heavy atom. The summed E-state index contributed by atoms with van der Waals surface area (Å²) in [6, 6.07) is 32.6. The Bertz CT molecular complexity index is 5480. The van der Waals surface area contributed by atoms with Gasteiger partial charge in [0.2, 0.25) is 17.7 Å². The quantitative estimate of drug-likeness (QED) is 0.00740. The molecule has 1 saturated carbocycles. The van der Waals surface area contributed by atoms with Crippen LogP contribution in [0.1, 0.15) is 208 Å². The van der Waals surface area contributed by atoms with Crippen LogP contribution in [-0.2, 0) is 127 Å². The molecule has 1 aliphatic carbocycles. The third-order valence-electron chi connectivity index (χ3n) is 24.6. The van der Waals surface area contributed by atoms with Crippen LogP contribution in [0.3, 0.4) is 0 Å². The van der Waals surface area contributed by atoms with Crippen LogP contribution in [0, 0.1) is 47.2 Å². The summed E-state index contributed by atoms with van der Waals surface area (Å²) in [6.07, 6.45) is 7.07. The number of rotatable bonds is 57. The molecule has 0 unspecified atom stereocenters. The lowest BCUT2D eigenvalue weighted by Crippen LogP contribution is -2.58. The van der Waals surface area contributed by atoms with Crippen molar-refractivity contribution in [3.8, 4) is 12.3 Å². The van der Waals surface area contributed by atoms with E-state index >= 15 is 0 Å². The molecule has 0 spiro atoms. The minimum atomic E-state index is -3.91. The van der Waals surface area contributed by atoms with Crippen molar-refractivity contribution in [1.29, 1.82) is 0 Å². The summed E-state index contributed by atoms with van der Waals surface area (Å²) in [5, 5.41) is 38.9. The number of aryl methyl sites for hydroxylation is 3. The lowest BCUT2D eigenvalue weighted by molar-refractivity contribution is -0.138. The number of nitrogens with one attached hydrogen (secondary N) is 3. The first-order valence-electron chi connectivity index (χ1n) is 48.7. The largest absolute Gasteiger partial charge is 0.447 e. The van der Waals surface area contributed by atoms with Crippen molar-refractivity contribution in [2.75, 3.05) is 63.8 Å². The number of carbonyl (C=O) groups is 6. The Morgan fingerprint density at radius 1 is 0.401 bits per heavy atom. The second-order valence-corrected chi connectivity index (χ2v) is 43.1. The first kappa shape index (κ1) is 120. The van der Waals surface area contributed by atoms with Crippen molar-refractivity contribution in [1.82, 2.24) is 30.7 Å². The van der Waals surface area contributed by atoms with Crippen LogP contribution in [0.15, 0.2) is 158 Å². The van der Waals surface area contributed by atoms with E-state index in [1.54, 1.807) is 36.4 Å². The smallest absolute Gasteiger partial charge is 0.408 e. The van der Waals surface area contributed by atoms with Gasteiger partial charge in [0.05, 0.1) is 63.5 Å². The molecule has 0 bridgehead atoms. The fourth-order valence-corrected chi connectivity index (χ4v) is 23.4. The van der Waals surface area contributed by atoms with Gasteiger partial charge in [0, 0.05) is 76.2 Å². The molecule has 9 atom stereocenters. The van der Waals surface area contributed by atoms with E-state index in [0.717, 1.165) is 96.1 Å². The predicted octanol–water partition coefficient (Wildman–Crippen LogP) is 13.8. The number of hydrogen-bond acceptors (Lipinski definition) is 22. The highest BCUT2D eigenvalue weighted by Crippen LogP contribution is 2.52. The van der Waals surface area contributed by atoms with Gasteiger partial charge < -0.3 is 82.1 Å². The van der Waals surface area contributed by atoms with Crippen LogP contribution >= 0.6 is 0 Å². The topological polar surface area (TPSA) is 426 Å². The fourth-order valence-electron chi connectivity index (χ4n) is 16.9. The predicted molar refractivity (Wildman–Crippen MR) is 536 cm³/mol. The van der Waals surface area contributed by atoms with Gasteiger partial charge in [-0.15, -0.1) is 6.42 Å². The van der Waals surface area contributed by atoms with E-state index < -0.39 is 200 Å². The molecule has 1 fully saturated rings. The summed E-state index contributed by atoms with van der Waals surface area (Å²) in [7, 11) is -10.2. The molecule has 0 saturated heterocycles. The fraction of sp³-hybridized carbons (Fsp3) is 0.524. The molecular formula is C105H145F6N9O19S3.